The average Bonchev–Trinajstić information content (AvgIpc) is 3.22. The van der Waals surface area contributed by atoms with Crippen molar-refractivity contribution >= 4 is 17.4 Å². The van der Waals surface area contributed by atoms with Gasteiger partial charge in [-0.3, -0.25) is 14.9 Å². The summed E-state index contributed by atoms with van der Waals surface area (Å²) in [4.78, 5) is 25.3. The SMILES string of the molecule is N#Cc1cc([N+](=O)[O-])cnc1NCCC(=O)NC1CC1. The second kappa shape index (κ2) is 5.97. The van der Waals surface area contributed by atoms with Crippen molar-refractivity contribution in [2.24, 2.45) is 0 Å². The van der Waals surface area contributed by atoms with Crippen molar-refractivity contribution in [3.63, 3.8) is 0 Å². The highest BCUT2D eigenvalue weighted by Crippen LogP contribution is 2.19. The summed E-state index contributed by atoms with van der Waals surface area (Å²) in [7, 11) is 0. The van der Waals surface area contributed by atoms with Crippen LogP contribution in [-0.4, -0.2) is 28.4 Å². The minimum atomic E-state index is -0.610. The first kappa shape index (κ1) is 13.7. The van der Waals surface area contributed by atoms with E-state index in [1.165, 1.54) is 0 Å². The van der Waals surface area contributed by atoms with Gasteiger partial charge >= 0.3 is 0 Å². The Morgan fingerprint density at radius 3 is 2.95 bits per heavy atom. The number of carbonyl (C=O) groups is 1. The third-order valence-electron chi connectivity index (χ3n) is 2.79. The van der Waals surface area contributed by atoms with Gasteiger partial charge in [-0.05, 0) is 12.8 Å². The normalized spacial score (nSPS) is 13.3. The van der Waals surface area contributed by atoms with Crippen LogP contribution in [0.25, 0.3) is 0 Å². The Labute approximate surface area is 115 Å². The van der Waals surface area contributed by atoms with Gasteiger partial charge < -0.3 is 10.6 Å². The molecule has 0 radical (unpaired) electrons. The number of nitriles is 1. The van der Waals surface area contributed by atoms with Crippen LogP contribution >= 0.6 is 0 Å². The van der Waals surface area contributed by atoms with Crippen molar-refractivity contribution in [1.82, 2.24) is 10.3 Å². The molecule has 0 saturated heterocycles. The molecular formula is C12H13N5O3. The van der Waals surface area contributed by atoms with Gasteiger partial charge in [0.25, 0.3) is 5.69 Å². The van der Waals surface area contributed by atoms with E-state index in [1.54, 1.807) is 0 Å². The van der Waals surface area contributed by atoms with E-state index in [-0.39, 0.29) is 29.4 Å². The van der Waals surface area contributed by atoms with E-state index >= 15 is 0 Å². The number of hydrogen-bond acceptors (Lipinski definition) is 6. The smallest absolute Gasteiger partial charge is 0.289 e. The van der Waals surface area contributed by atoms with E-state index in [0.717, 1.165) is 25.1 Å². The molecule has 20 heavy (non-hydrogen) atoms. The lowest BCUT2D eigenvalue weighted by Gasteiger charge is -2.07. The lowest BCUT2D eigenvalue weighted by atomic mass is 10.2. The molecule has 0 bridgehead atoms. The summed E-state index contributed by atoms with van der Waals surface area (Å²) >= 11 is 0. The predicted octanol–water partition coefficient (Wildman–Crippen LogP) is 0.942. The van der Waals surface area contributed by atoms with Crippen molar-refractivity contribution in [2.75, 3.05) is 11.9 Å². The highest BCUT2D eigenvalue weighted by Gasteiger charge is 2.22. The van der Waals surface area contributed by atoms with Crippen LogP contribution in [0.1, 0.15) is 24.8 Å². The Kier molecular flexibility index (Phi) is 4.10. The first-order valence-electron chi connectivity index (χ1n) is 6.18. The summed E-state index contributed by atoms with van der Waals surface area (Å²) in [6.07, 6.45) is 3.40. The van der Waals surface area contributed by atoms with Crippen molar-refractivity contribution in [2.45, 2.75) is 25.3 Å². The van der Waals surface area contributed by atoms with E-state index in [0.29, 0.717) is 12.6 Å². The van der Waals surface area contributed by atoms with Gasteiger partial charge in [-0.25, -0.2) is 4.98 Å². The van der Waals surface area contributed by atoms with E-state index in [2.05, 4.69) is 15.6 Å². The van der Waals surface area contributed by atoms with Gasteiger partial charge in [0.2, 0.25) is 5.91 Å². The van der Waals surface area contributed by atoms with Crippen LogP contribution < -0.4 is 10.6 Å². The van der Waals surface area contributed by atoms with Crippen molar-refractivity contribution in [1.29, 1.82) is 5.26 Å². The molecule has 1 saturated carbocycles. The van der Waals surface area contributed by atoms with Crippen molar-refractivity contribution < 1.29 is 9.72 Å². The molecule has 0 aliphatic heterocycles. The molecule has 1 aliphatic carbocycles. The molecule has 0 unspecified atom stereocenters. The van der Waals surface area contributed by atoms with Gasteiger partial charge in [0.05, 0.1) is 4.92 Å². The molecule has 0 atom stereocenters. The van der Waals surface area contributed by atoms with Gasteiger partial charge in [0.1, 0.15) is 23.6 Å². The van der Waals surface area contributed by atoms with Crippen LogP contribution in [0.2, 0.25) is 0 Å². The minimum absolute atomic E-state index is 0.0552. The number of nitrogens with one attached hydrogen (secondary N) is 2. The minimum Gasteiger partial charge on any atom is -0.368 e. The van der Waals surface area contributed by atoms with Gasteiger partial charge in [-0.2, -0.15) is 5.26 Å². The zero-order valence-electron chi connectivity index (χ0n) is 10.6. The van der Waals surface area contributed by atoms with E-state index in [9.17, 15) is 14.9 Å². The summed E-state index contributed by atoms with van der Waals surface area (Å²) in [5.41, 5.74) is -0.152. The number of pyridine rings is 1. The molecule has 0 aromatic carbocycles. The first-order chi connectivity index (χ1) is 9.60. The average molecular weight is 275 g/mol. The number of carbonyl (C=O) groups excluding carboxylic acids is 1. The lowest BCUT2D eigenvalue weighted by Crippen LogP contribution is -2.27. The van der Waals surface area contributed by atoms with E-state index in [4.69, 9.17) is 5.26 Å². The summed E-state index contributed by atoms with van der Waals surface area (Å²) in [5.74, 6) is 0.192. The van der Waals surface area contributed by atoms with Crippen LogP contribution in [0.15, 0.2) is 12.3 Å². The Morgan fingerprint density at radius 2 is 2.35 bits per heavy atom. The lowest BCUT2D eigenvalue weighted by molar-refractivity contribution is -0.385. The van der Waals surface area contributed by atoms with Crippen molar-refractivity contribution in [3.05, 3.63) is 27.9 Å². The zero-order valence-corrected chi connectivity index (χ0v) is 10.6. The largest absolute Gasteiger partial charge is 0.368 e. The molecule has 2 N–H and O–H groups in total. The number of anilines is 1. The maximum Gasteiger partial charge on any atom is 0.289 e. The Balaban J connectivity index is 1.90. The molecule has 104 valence electrons. The van der Waals surface area contributed by atoms with E-state index < -0.39 is 4.92 Å². The Bertz CT molecular complexity index is 577. The maximum absolute atomic E-state index is 11.5. The Hall–Kier alpha value is -2.69. The molecule has 1 fully saturated rings. The third-order valence-corrected chi connectivity index (χ3v) is 2.79. The number of aromatic nitrogens is 1. The van der Waals surface area contributed by atoms with Gasteiger partial charge in [0, 0.05) is 25.1 Å². The second-order valence-electron chi connectivity index (χ2n) is 4.48. The molecule has 1 amide bonds. The third kappa shape index (κ3) is 3.65. The molecule has 1 aromatic rings. The number of rotatable bonds is 6. The molecule has 1 aromatic heterocycles. The van der Waals surface area contributed by atoms with Crippen LogP contribution in [0, 0.1) is 21.4 Å². The fraction of sp³-hybridized carbons (Fsp3) is 0.417. The quantitative estimate of drug-likeness (QED) is 0.588. The number of nitro groups is 1. The number of amides is 1. The molecule has 2 rings (SSSR count). The molecule has 0 spiro atoms. The topological polar surface area (TPSA) is 121 Å². The highest BCUT2D eigenvalue weighted by molar-refractivity contribution is 5.77. The predicted molar refractivity (Wildman–Crippen MR) is 69.9 cm³/mol. The molecule has 8 heteroatoms. The van der Waals surface area contributed by atoms with Gasteiger partial charge in [-0.15, -0.1) is 0 Å². The molecule has 1 aliphatic rings. The zero-order chi connectivity index (χ0) is 14.5. The fourth-order valence-corrected chi connectivity index (χ4v) is 1.60. The number of hydrogen-bond donors (Lipinski definition) is 2. The number of nitrogens with zero attached hydrogens (tertiary/aromatic N) is 3. The summed E-state index contributed by atoms with van der Waals surface area (Å²) in [5, 5.41) is 25.2. The standard InChI is InChI=1S/C12H13N5O3/c13-6-8-5-10(17(19)20)7-15-12(8)14-4-3-11(18)16-9-1-2-9/h5,7,9H,1-4H2,(H,14,15)(H,16,18). The van der Waals surface area contributed by atoms with Gasteiger partial charge in [-0.1, -0.05) is 0 Å². The monoisotopic (exact) mass is 275 g/mol. The summed E-state index contributed by atoms with van der Waals surface area (Å²) < 4.78 is 0. The van der Waals surface area contributed by atoms with Crippen molar-refractivity contribution in [3.8, 4) is 6.07 Å². The molecular weight excluding hydrogens is 262 g/mol. The van der Waals surface area contributed by atoms with Crippen LogP contribution in [0.5, 0.6) is 0 Å². The summed E-state index contributed by atoms with van der Waals surface area (Å²) in [6.45, 7) is 0.318. The molecule has 8 nitrogen and oxygen atoms in total. The van der Waals surface area contributed by atoms with E-state index in [1.807, 2.05) is 6.07 Å². The van der Waals surface area contributed by atoms with Crippen LogP contribution in [0.3, 0.4) is 0 Å². The van der Waals surface area contributed by atoms with Gasteiger partial charge in [0.15, 0.2) is 0 Å². The first-order valence-corrected chi connectivity index (χ1v) is 6.18. The second-order valence-corrected chi connectivity index (χ2v) is 4.48. The van der Waals surface area contributed by atoms with Crippen LogP contribution in [-0.2, 0) is 4.79 Å². The summed E-state index contributed by atoms with van der Waals surface area (Å²) in [6, 6.07) is 3.31. The fourth-order valence-electron chi connectivity index (χ4n) is 1.60. The Morgan fingerprint density at radius 1 is 1.60 bits per heavy atom. The highest BCUT2D eigenvalue weighted by atomic mass is 16.6. The molecule has 1 heterocycles. The van der Waals surface area contributed by atoms with Crippen LogP contribution in [0.4, 0.5) is 11.5 Å². The maximum atomic E-state index is 11.5.